The van der Waals surface area contributed by atoms with Crippen LogP contribution in [-0.2, 0) is 9.31 Å². The number of hydrogen-bond acceptors (Lipinski definition) is 2. The molecule has 0 spiro atoms. The molecule has 100 valence electrons. The van der Waals surface area contributed by atoms with Gasteiger partial charge in [-0.2, -0.15) is 0 Å². The molecule has 0 unspecified atom stereocenters. The standard InChI is InChI=1S/C15H20BNO2/c1-10-6-7-12-11(8-10)9-13(17-12)16-18-14(2,3)15(4,5)19-16/h6-9,17H,1-5H3. The van der Waals surface area contributed by atoms with Crippen LogP contribution >= 0.6 is 0 Å². The zero-order valence-corrected chi connectivity index (χ0v) is 12.2. The Hall–Kier alpha value is -1.26. The van der Waals surface area contributed by atoms with Gasteiger partial charge in [0.2, 0.25) is 0 Å². The topological polar surface area (TPSA) is 34.2 Å². The minimum Gasteiger partial charge on any atom is -0.398 e. The Balaban J connectivity index is 1.98. The molecular weight excluding hydrogens is 237 g/mol. The Morgan fingerprint density at radius 2 is 1.63 bits per heavy atom. The van der Waals surface area contributed by atoms with Crippen LogP contribution in [0, 0.1) is 6.92 Å². The lowest BCUT2D eigenvalue weighted by Gasteiger charge is -2.32. The Bertz CT molecular complexity index is 614. The summed E-state index contributed by atoms with van der Waals surface area (Å²) in [6, 6.07) is 8.48. The highest BCUT2D eigenvalue weighted by molar-refractivity contribution is 6.61. The highest BCUT2D eigenvalue weighted by atomic mass is 16.7. The molecule has 3 rings (SSSR count). The van der Waals surface area contributed by atoms with Crippen LogP contribution in [0.2, 0.25) is 0 Å². The molecule has 1 aromatic carbocycles. The molecule has 1 fully saturated rings. The summed E-state index contributed by atoms with van der Waals surface area (Å²) < 4.78 is 12.1. The average molecular weight is 257 g/mol. The predicted molar refractivity (Wildman–Crippen MR) is 78.8 cm³/mol. The number of aromatic nitrogens is 1. The zero-order chi connectivity index (χ0) is 13.8. The van der Waals surface area contributed by atoms with E-state index in [9.17, 15) is 0 Å². The van der Waals surface area contributed by atoms with Gasteiger partial charge >= 0.3 is 7.12 Å². The second-order valence-electron chi connectivity index (χ2n) is 6.40. The van der Waals surface area contributed by atoms with Gasteiger partial charge in [0, 0.05) is 11.1 Å². The van der Waals surface area contributed by atoms with Crippen molar-refractivity contribution in [2.24, 2.45) is 0 Å². The fourth-order valence-corrected chi connectivity index (χ4v) is 2.37. The van der Waals surface area contributed by atoms with Crippen LogP contribution in [0.4, 0.5) is 0 Å². The van der Waals surface area contributed by atoms with Crippen molar-refractivity contribution in [3.05, 3.63) is 29.8 Å². The van der Waals surface area contributed by atoms with Gasteiger partial charge in [0.15, 0.2) is 0 Å². The van der Waals surface area contributed by atoms with Gasteiger partial charge in [-0.1, -0.05) is 11.6 Å². The van der Waals surface area contributed by atoms with Crippen LogP contribution in [-0.4, -0.2) is 23.3 Å². The van der Waals surface area contributed by atoms with Crippen molar-refractivity contribution in [1.82, 2.24) is 4.98 Å². The number of aryl methyl sites for hydroxylation is 1. The maximum absolute atomic E-state index is 6.06. The van der Waals surface area contributed by atoms with Crippen LogP contribution in [0.1, 0.15) is 33.3 Å². The molecule has 1 saturated heterocycles. The van der Waals surface area contributed by atoms with Crippen molar-refractivity contribution in [2.75, 3.05) is 0 Å². The van der Waals surface area contributed by atoms with Crippen molar-refractivity contribution < 1.29 is 9.31 Å². The van der Waals surface area contributed by atoms with Gasteiger partial charge in [-0.3, -0.25) is 0 Å². The third-order valence-corrected chi connectivity index (χ3v) is 4.30. The second-order valence-corrected chi connectivity index (χ2v) is 6.40. The number of fused-ring (bicyclic) bond motifs is 1. The van der Waals surface area contributed by atoms with E-state index >= 15 is 0 Å². The van der Waals surface area contributed by atoms with Gasteiger partial charge in [-0.05, 0) is 58.2 Å². The lowest BCUT2D eigenvalue weighted by atomic mass is 9.85. The molecule has 0 saturated carbocycles. The number of benzene rings is 1. The van der Waals surface area contributed by atoms with E-state index in [0.717, 1.165) is 11.1 Å². The first kappa shape index (κ1) is 12.8. The average Bonchev–Trinajstić information content (AvgIpc) is 2.78. The molecule has 1 aliphatic rings. The van der Waals surface area contributed by atoms with E-state index in [1.54, 1.807) is 0 Å². The molecule has 19 heavy (non-hydrogen) atoms. The number of H-pyrrole nitrogens is 1. The Kier molecular flexibility index (Phi) is 2.60. The zero-order valence-electron chi connectivity index (χ0n) is 12.2. The van der Waals surface area contributed by atoms with E-state index in [0.29, 0.717) is 0 Å². The fraction of sp³-hybridized carbons (Fsp3) is 0.467. The molecular formula is C15H20BNO2. The quantitative estimate of drug-likeness (QED) is 0.797. The van der Waals surface area contributed by atoms with Crippen molar-refractivity contribution in [3.63, 3.8) is 0 Å². The Morgan fingerprint density at radius 3 is 2.26 bits per heavy atom. The van der Waals surface area contributed by atoms with Crippen LogP contribution in [0.3, 0.4) is 0 Å². The summed E-state index contributed by atoms with van der Waals surface area (Å²) in [4.78, 5) is 3.39. The van der Waals surface area contributed by atoms with Crippen LogP contribution < -0.4 is 5.59 Å². The van der Waals surface area contributed by atoms with Crippen molar-refractivity contribution in [1.29, 1.82) is 0 Å². The Morgan fingerprint density at radius 1 is 1.00 bits per heavy atom. The lowest BCUT2D eigenvalue weighted by molar-refractivity contribution is 0.00578. The number of nitrogens with one attached hydrogen (secondary N) is 1. The highest BCUT2D eigenvalue weighted by Gasteiger charge is 2.52. The fourth-order valence-electron chi connectivity index (χ4n) is 2.37. The van der Waals surface area contributed by atoms with Gasteiger partial charge in [-0.25, -0.2) is 0 Å². The molecule has 1 aliphatic heterocycles. The number of rotatable bonds is 1. The van der Waals surface area contributed by atoms with E-state index < -0.39 is 0 Å². The lowest BCUT2D eigenvalue weighted by Crippen LogP contribution is -2.41. The van der Waals surface area contributed by atoms with Gasteiger partial charge in [0.1, 0.15) is 0 Å². The number of aromatic amines is 1. The minimum atomic E-state index is -0.322. The summed E-state index contributed by atoms with van der Waals surface area (Å²) in [6.45, 7) is 10.4. The predicted octanol–water partition coefficient (Wildman–Crippen LogP) is 2.78. The molecule has 3 nitrogen and oxygen atoms in total. The Labute approximate surface area is 114 Å². The van der Waals surface area contributed by atoms with Crippen LogP contribution in [0.25, 0.3) is 10.9 Å². The van der Waals surface area contributed by atoms with Crippen molar-refractivity contribution >= 4 is 23.6 Å². The first-order valence-electron chi connectivity index (χ1n) is 6.73. The minimum absolute atomic E-state index is 0.301. The van der Waals surface area contributed by atoms with E-state index in [-0.39, 0.29) is 18.3 Å². The maximum Gasteiger partial charge on any atom is 0.512 e. The first-order valence-corrected chi connectivity index (χ1v) is 6.73. The summed E-state index contributed by atoms with van der Waals surface area (Å²) in [5.41, 5.74) is 2.76. The summed E-state index contributed by atoms with van der Waals surface area (Å²) in [5.74, 6) is 0. The van der Waals surface area contributed by atoms with Gasteiger partial charge in [0.05, 0.1) is 11.2 Å². The first-order chi connectivity index (χ1) is 8.78. The largest absolute Gasteiger partial charge is 0.512 e. The highest BCUT2D eigenvalue weighted by Crippen LogP contribution is 2.36. The van der Waals surface area contributed by atoms with Crippen LogP contribution in [0.15, 0.2) is 24.3 Å². The maximum atomic E-state index is 6.06. The summed E-state index contributed by atoms with van der Waals surface area (Å²) in [7, 11) is -0.322. The van der Waals surface area contributed by atoms with Crippen molar-refractivity contribution in [3.8, 4) is 0 Å². The summed E-state index contributed by atoms with van der Waals surface area (Å²) in [6.07, 6.45) is 0. The molecule has 2 aromatic rings. The van der Waals surface area contributed by atoms with E-state index in [2.05, 4.69) is 63.9 Å². The smallest absolute Gasteiger partial charge is 0.398 e. The molecule has 0 bridgehead atoms. The van der Waals surface area contributed by atoms with E-state index in [1.165, 1.54) is 10.9 Å². The van der Waals surface area contributed by atoms with Crippen LogP contribution in [0.5, 0.6) is 0 Å². The summed E-state index contributed by atoms with van der Waals surface area (Å²) in [5, 5.41) is 1.20. The molecule has 2 heterocycles. The van der Waals surface area contributed by atoms with Crippen molar-refractivity contribution in [2.45, 2.75) is 45.8 Å². The molecule has 4 heteroatoms. The molecule has 1 N–H and O–H groups in total. The van der Waals surface area contributed by atoms with Gasteiger partial charge in [0.25, 0.3) is 0 Å². The van der Waals surface area contributed by atoms with Gasteiger partial charge < -0.3 is 14.3 Å². The molecule has 1 aromatic heterocycles. The summed E-state index contributed by atoms with van der Waals surface area (Å²) >= 11 is 0. The third-order valence-electron chi connectivity index (χ3n) is 4.30. The van der Waals surface area contributed by atoms with Gasteiger partial charge in [-0.15, -0.1) is 0 Å². The molecule has 0 amide bonds. The number of hydrogen-bond donors (Lipinski definition) is 1. The third kappa shape index (κ3) is 1.99. The molecule has 0 radical (unpaired) electrons. The monoisotopic (exact) mass is 257 g/mol. The SMILES string of the molecule is Cc1ccc2[nH]c(B3OC(C)(C)C(C)(C)O3)cc2c1. The van der Waals surface area contributed by atoms with E-state index in [1.807, 2.05) is 0 Å². The normalized spacial score (nSPS) is 21.2. The molecule has 0 atom stereocenters. The molecule has 0 aliphatic carbocycles. The van der Waals surface area contributed by atoms with E-state index in [4.69, 9.17) is 9.31 Å². The second kappa shape index (κ2) is 3.87.